The molecule has 17 heavy (non-hydrogen) atoms. The standard InChI is InChI=1S/C11H20N4O2/c1-11(2,3)17-10(16)14-5-8(12)4-9-6-13-7-15-9/h6-8H,4-5,12H2,1-3H3,(H,13,15)(H,14,16). The number of alkyl carbamates (subject to hydrolysis) is 1. The largest absolute Gasteiger partial charge is 0.444 e. The van der Waals surface area contributed by atoms with Crippen molar-refractivity contribution in [3.63, 3.8) is 0 Å². The average Bonchev–Trinajstić information content (AvgIpc) is 2.64. The Hall–Kier alpha value is -1.56. The van der Waals surface area contributed by atoms with Gasteiger partial charge in [0.25, 0.3) is 0 Å². The summed E-state index contributed by atoms with van der Waals surface area (Å²) in [4.78, 5) is 18.2. The summed E-state index contributed by atoms with van der Waals surface area (Å²) < 4.78 is 5.10. The summed E-state index contributed by atoms with van der Waals surface area (Å²) in [6.45, 7) is 5.82. The summed E-state index contributed by atoms with van der Waals surface area (Å²) in [5.41, 5.74) is 6.32. The van der Waals surface area contributed by atoms with Crippen molar-refractivity contribution in [2.45, 2.75) is 38.8 Å². The number of H-pyrrole nitrogens is 1. The number of amides is 1. The van der Waals surface area contributed by atoms with Gasteiger partial charge >= 0.3 is 6.09 Å². The monoisotopic (exact) mass is 240 g/mol. The Labute approximate surface area is 101 Å². The minimum absolute atomic E-state index is 0.164. The number of rotatable bonds is 4. The van der Waals surface area contributed by atoms with Crippen LogP contribution in [0.3, 0.4) is 0 Å². The van der Waals surface area contributed by atoms with Gasteiger partial charge in [-0.1, -0.05) is 0 Å². The Morgan fingerprint density at radius 2 is 2.35 bits per heavy atom. The molecule has 1 unspecified atom stereocenters. The summed E-state index contributed by atoms with van der Waals surface area (Å²) in [7, 11) is 0. The van der Waals surface area contributed by atoms with E-state index in [0.29, 0.717) is 13.0 Å². The highest BCUT2D eigenvalue weighted by Gasteiger charge is 2.16. The number of hydrogen-bond donors (Lipinski definition) is 3. The lowest BCUT2D eigenvalue weighted by Gasteiger charge is -2.20. The van der Waals surface area contributed by atoms with Crippen LogP contribution in [0.25, 0.3) is 0 Å². The van der Waals surface area contributed by atoms with Gasteiger partial charge in [-0.2, -0.15) is 0 Å². The molecular formula is C11H20N4O2. The van der Waals surface area contributed by atoms with Crippen LogP contribution in [0.4, 0.5) is 4.79 Å². The van der Waals surface area contributed by atoms with Crippen LogP contribution in [0.1, 0.15) is 26.5 Å². The van der Waals surface area contributed by atoms with Gasteiger partial charge in [-0.3, -0.25) is 0 Å². The third-order valence-corrected chi connectivity index (χ3v) is 1.94. The fourth-order valence-electron chi connectivity index (χ4n) is 1.28. The summed E-state index contributed by atoms with van der Waals surface area (Å²) in [6, 6.07) is -0.164. The highest BCUT2D eigenvalue weighted by Crippen LogP contribution is 2.06. The fourth-order valence-corrected chi connectivity index (χ4v) is 1.28. The van der Waals surface area contributed by atoms with Gasteiger partial charge in [0, 0.05) is 30.9 Å². The van der Waals surface area contributed by atoms with Crippen LogP contribution in [-0.2, 0) is 11.2 Å². The number of nitrogens with one attached hydrogen (secondary N) is 2. The number of imidazole rings is 1. The molecule has 0 aromatic carbocycles. The maximum Gasteiger partial charge on any atom is 0.407 e. The summed E-state index contributed by atoms with van der Waals surface area (Å²) in [5.74, 6) is 0. The Kier molecular flexibility index (Phi) is 4.51. The van der Waals surface area contributed by atoms with E-state index in [4.69, 9.17) is 10.5 Å². The van der Waals surface area contributed by atoms with Crippen molar-refractivity contribution in [1.29, 1.82) is 0 Å². The molecule has 96 valence electrons. The minimum atomic E-state index is -0.489. The molecule has 0 saturated heterocycles. The molecule has 0 aliphatic heterocycles. The maximum atomic E-state index is 11.4. The van der Waals surface area contributed by atoms with Gasteiger partial charge in [0.05, 0.1) is 6.33 Å². The number of ether oxygens (including phenoxy) is 1. The van der Waals surface area contributed by atoms with E-state index in [-0.39, 0.29) is 6.04 Å². The summed E-state index contributed by atoms with van der Waals surface area (Å²) in [6.07, 6.45) is 3.50. The van der Waals surface area contributed by atoms with Gasteiger partial charge < -0.3 is 20.8 Å². The van der Waals surface area contributed by atoms with Crippen molar-refractivity contribution in [1.82, 2.24) is 15.3 Å². The van der Waals surface area contributed by atoms with Crippen molar-refractivity contribution in [3.05, 3.63) is 18.2 Å². The number of nitrogens with two attached hydrogens (primary N) is 1. The molecule has 0 spiro atoms. The third-order valence-electron chi connectivity index (χ3n) is 1.94. The Morgan fingerprint density at radius 1 is 1.65 bits per heavy atom. The van der Waals surface area contributed by atoms with Crippen LogP contribution in [0.5, 0.6) is 0 Å². The van der Waals surface area contributed by atoms with E-state index < -0.39 is 11.7 Å². The Bertz CT molecular complexity index is 343. The molecule has 0 bridgehead atoms. The van der Waals surface area contributed by atoms with E-state index in [1.54, 1.807) is 12.5 Å². The molecule has 1 aromatic heterocycles. The number of carbonyl (C=O) groups excluding carboxylic acids is 1. The SMILES string of the molecule is CC(C)(C)OC(=O)NCC(N)Cc1cnc[nH]1. The maximum absolute atomic E-state index is 11.4. The second-order valence-electron chi connectivity index (χ2n) is 4.92. The molecule has 6 heteroatoms. The van der Waals surface area contributed by atoms with Gasteiger partial charge in [0.15, 0.2) is 0 Å². The van der Waals surface area contributed by atoms with E-state index in [1.165, 1.54) is 0 Å². The van der Waals surface area contributed by atoms with Gasteiger partial charge in [0.1, 0.15) is 5.60 Å². The normalized spacial score (nSPS) is 13.2. The average molecular weight is 240 g/mol. The molecule has 0 fully saturated rings. The zero-order chi connectivity index (χ0) is 12.9. The predicted molar refractivity (Wildman–Crippen MR) is 64.5 cm³/mol. The molecule has 1 atom stereocenters. The molecule has 0 radical (unpaired) electrons. The number of aromatic amines is 1. The second-order valence-corrected chi connectivity index (χ2v) is 4.92. The smallest absolute Gasteiger partial charge is 0.407 e. The number of aromatic nitrogens is 2. The molecule has 4 N–H and O–H groups in total. The van der Waals surface area contributed by atoms with E-state index in [2.05, 4.69) is 15.3 Å². The highest BCUT2D eigenvalue weighted by molar-refractivity contribution is 5.67. The van der Waals surface area contributed by atoms with E-state index in [9.17, 15) is 4.79 Å². The zero-order valence-corrected chi connectivity index (χ0v) is 10.5. The van der Waals surface area contributed by atoms with Crippen LogP contribution in [0.15, 0.2) is 12.5 Å². The fraction of sp³-hybridized carbons (Fsp3) is 0.636. The molecule has 0 aliphatic carbocycles. The van der Waals surface area contributed by atoms with E-state index >= 15 is 0 Å². The van der Waals surface area contributed by atoms with Crippen molar-refractivity contribution < 1.29 is 9.53 Å². The zero-order valence-electron chi connectivity index (χ0n) is 10.5. The molecule has 1 rings (SSSR count). The summed E-state index contributed by atoms with van der Waals surface area (Å²) in [5, 5.41) is 2.63. The van der Waals surface area contributed by atoms with Crippen molar-refractivity contribution in [3.8, 4) is 0 Å². The minimum Gasteiger partial charge on any atom is -0.444 e. The van der Waals surface area contributed by atoms with Crippen LogP contribution in [0, 0.1) is 0 Å². The first-order valence-corrected chi connectivity index (χ1v) is 5.56. The molecular weight excluding hydrogens is 220 g/mol. The molecule has 1 heterocycles. The lowest BCUT2D eigenvalue weighted by atomic mass is 10.2. The first kappa shape index (κ1) is 13.5. The third kappa shape index (κ3) is 5.91. The van der Waals surface area contributed by atoms with Crippen molar-refractivity contribution in [2.75, 3.05) is 6.54 Å². The van der Waals surface area contributed by atoms with Gasteiger partial charge in [-0.25, -0.2) is 9.78 Å². The lowest BCUT2D eigenvalue weighted by Crippen LogP contribution is -2.41. The first-order chi connectivity index (χ1) is 7.87. The molecule has 6 nitrogen and oxygen atoms in total. The Morgan fingerprint density at radius 3 is 2.88 bits per heavy atom. The van der Waals surface area contributed by atoms with Crippen molar-refractivity contribution >= 4 is 6.09 Å². The van der Waals surface area contributed by atoms with Crippen LogP contribution in [0.2, 0.25) is 0 Å². The van der Waals surface area contributed by atoms with Gasteiger partial charge in [-0.05, 0) is 20.8 Å². The van der Waals surface area contributed by atoms with Gasteiger partial charge in [0.2, 0.25) is 0 Å². The van der Waals surface area contributed by atoms with Crippen LogP contribution >= 0.6 is 0 Å². The molecule has 1 amide bonds. The van der Waals surface area contributed by atoms with Crippen molar-refractivity contribution in [2.24, 2.45) is 5.73 Å². The molecule has 0 aliphatic rings. The van der Waals surface area contributed by atoms with Gasteiger partial charge in [-0.15, -0.1) is 0 Å². The van der Waals surface area contributed by atoms with E-state index in [0.717, 1.165) is 5.69 Å². The highest BCUT2D eigenvalue weighted by atomic mass is 16.6. The number of hydrogen-bond acceptors (Lipinski definition) is 4. The molecule has 0 saturated carbocycles. The summed E-state index contributed by atoms with van der Waals surface area (Å²) >= 11 is 0. The quantitative estimate of drug-likeness (QED) is 0.726. The van der Waals surface area contributed by atoms with Crippen LogP contribution < -0.4 is 11.1 Å². The van der Waals surface area contributed by atoms with E-state index in [1.807, 2.05) is 20.8 Å². The molecule has 1 aromatic rings. The second kappa shape index (κ2) is 5.67. The lowest BCUT2D eigenvalue weighted by molar-refractivity contribution is 0.0524. The first-order valence-electron chi connectivity index (χ1n) is 5.56. The predicted octanol–water partition coefficient (Wildman–Crippen LogP) is 0.804. The van der Waals surface area contributed by atoms with Crippen LogP contribution in [-0.4, -0.2) is 34.2 Å². The topological polar surface area (TPSA) is 93.0 Å². The Balaban J connectivity index is 2.24. The number of nitrogens with zero attached hydrogens (tertiary/aromatic N) is 1. The number of carbonyl (C=O) groups is 1.